The second-order valence-electron chi connectivity index (χ2n) is 4.97. The van der Waals surface area contributed by atoms with Gasteiger partial charge in [-0.3, -0.25) is 9.69 Å². The normalized spacial score (nSPS) is 19.4. The minimum atomic E-state index is -0.686. The van der Waals surface area contributed by atoms with Gasteiger partial charge in [-0.25, -0.2) is 0 Å². The van der Waals surface area contributed by atoms with Crippen LogP contribution in [0.4, 0.5) is 0 Å². The van der Waals surface area contributed by atoms with E-state index in [0.29, 0.717) is 6.42 Å². The molecule has 2 heterocycles. The largest absolute Gasteiger partial charge is 0.480 e. The first-order chi connectivity index (χ1) is 9.20. The maximum Gasteiger partial charge on any atom is 0.320 e. The van der Waals surface area contributed by atoms with E-state index in [9.17, 15) is 4.79 Å². The first-order valence-corrected chi connectivity index (χ1v) is 7.80. The zero-order chi connectivity index (χ0) is 13.7. The number of nitrogens with zero attached hydrogens (tertiary/aromatic N) is 2. The second kappa shape index (κ2) is 7.03. The average molecular weight is 282 g/mol. The number of piperazine rings is 1. The summed E-state index contributed by atoms with van der Waals surface area (Å²) < 4.78 is 0. The Bertz CT molecular complexity index is 386. The summed E-state index contributed by atoms with van der Waals surface area (Å²) in [6.07, 6.45) is 1.79. The lowest BCUT2D eigenvalue weighted by atomic mass is 10.1. The van der Waals surface area contributed by atoms with Crippen molar-refractivity contribution in [2.75, 3.05) is 32.7 Å². The molecule has 1 N–H and O–H groups in total. The van der Waals surface area contributed by atoms with Crippen LogP contribution in [0, 0.1) is 0 Å². The molecule has 5 heteroatoms. The molecular formula is C14H22N2O2S. The number of hydrogen-bond donors (Lipinski definition) is 1. The molecule has 1 unspecified atom stereocenters. The van der Waals surface area contributed by atoms with E-state index in [1.165, 1.54) is 4.88 Å². The molecule has 2 rings (SSSR count). The highest BCUT2D eigenvalue weighted by Gasteiger charge is 2.27. The Morgan fingerprint density at radius 3 is 2.68 bits per heavy atom. The lowest BCUT2D eigenvalue weighted by Crippen LogP contribution is -2.52. The van der Waals surface area contributed by atoms with E-state index in [1.54, 1.807) is 0 Å². The van der Waals surface area contributed by atoms with Crippen LogP contribution >= 0.6 is 11.3 Å². The van der Waals surface area contributed by atoms with Crippen molar-refractivity contribution in [2.24, 2.45) is 0 Å². The van der Waals surface area contributed by atoms with Gasteiger partial charge in [-0.05, 0) is 24.3 Å². The van der Waals surface area contributed by atoms with Gasteiger partial charge >= 0.3 is 5.97 Å². The summed E-state index contributed by atoms with van der Waals surface area (Å²) in [7, 11) is 0. The molecule has 0 aliphatic carbocycles. The average Bonchev–Trinajstić information content (AvgIpc) is 2.91. The summed E-state index contributed by atoms with van der Waals surface area (Å²) in [6, 6.07) is 3.97. The van der Waals surface area contributed by atoms with Crippen molar-refractivity contribution in [3.8, 4) is 0 Å². The Morgan fingerprint density at radius 1 is 1.42 bits per heavy atom. The van der Waals surface area contributed by atoms with Crippen LogP contribution in [-0.4, -0.2) is 59.6 Å². The fraction of sp³-hybridized carbons (Fsp3) is 0.643. The first kappa shape index (κ1) is 14.5. The molecule has 0 saturated carbocycles. The topological polar surface area (TPSA) is 43.8 Å². The summed E-state index contributed by atoms with van der Waals surface area (Å²) in [5, 5.41) is 11.3. The second-order valence-corrected chi connectivity index (χ2v) is 6.00. The standard InChI is InChI=1S/C14H22N2O2S/c1-2-13(14(17)18)16-9-7-15(8-10-16)6-5-12-4-3-11-19-12/h3-4,11,13H,2,5-10H2,1H3,(H,17,18). The van der Waals surface area contributed by atoms with Crippen LogP contribution in [0.25, 0.3) is 0 Å². The molecule has 1 aliphatic rings. The summed E-state index contributed by atoms with van der Waals surface area (Å²) in [5.41, 5.74) is 0. The quantitative estimate of drug-likeness (QED) is 0.863. The van der Waals surface area contributed by atoms with E-state index in [1.807, 2.05) is 18.3 Å². The lowest BCUT2D eigenvalue weighted by Gasteiger charge is -2.37. The van der Waals surface area contributed by atoms with Crippen molar-refractivity contribution < 1.29 is 9.90 Å². The van der Waals surface area contributed by atoms with Gasteiger partial charge in [0.15, 0.2) is 0 Å². The van der Waals surface area contributed by atoms with Crippen molar-refractivity contribution >= 4 is 17.3 Å². The third-order valence-corrected chi connectivity index (χ3v) is 4.71. The van der Waals surface area contributed by atoms with E-state index in [2.05, 4.69) is 27.3 Å². The Balaban J connectivity index is 1.74. The Labute approximate surface area is 118 Å². The van der Waals surface area contributed by atoms with E-state index in [0.717, 1.165) is 39.1 Å². The molecule has 0 amide bonds. The molecule has 0 radical (unpaired) electrons. The number of hydrogen-bond acceptors (Lipinski definition) is 4. The predicted molar refractivity (Wildman–Crippen MR) is 77.8 cm³/mol. The molecule has 0 aromatic carbocycles. The van der Waals surface area contributed by atoms with Crippen molar-refractivity contribution in [1.29, 1.82) is 0 Å². The number of thiophene rings is 1. The number of carboxylic acids is 1. The minimum Gasteiger partial charge on any atom is -0.480 e. The van der Waals surface area contributed by atoms with Gasteiger partial charge in [0.1, 0.15) is 6.04 Å². The van der Waals surface area contributed by atoms with Gasteiger partial charge in [0.25, 0.3) is 0 Å². The highest BCUT2D eigenvalue weighted by molar-refractivity contribution is 7.09. The van der Waals surface area contributed by atoms with Gasteiger partial charge in [-0.15, -0.1) is 11.3 Å². The Kier molecular flexibility index (Phi) is 5.36. The molecule has 1 aromatic rings. The molecule has 1 aliphatic heterocycles. The maximum absolute atomic E-state index is 11.1. The minimum absolute atomic E-state index is 0.306. The van der Waals surface area contributed by atoms with E-state index < -0.39 is 5.97 Å². The molecule has 19 heavy (non-hydrogen) atoms. The van der Waals surface area contributed by atoms with Crippen LogP contribution in [0.2, 0.25) is 0 Å². The van der Waals surface area contributed by atoms with Gasteiger partial charge in [-0.1, -0.05) is 13.0 Å². The third kappa shape index (κ3) is 4.03. The SMILES string of the molecule is CCC(C(=O)O)N1CCN(CCc2cccs2)CC1. The summed E-state index contributed by atoms with van der Waals surface area (Å²) in [5.74, 6) is -0.686. The van der Waals surface area contributed by atoms with Crippen molar-refractivity contribution in [1.82, 2.24) is 9.80 Å². The predicted octanol–water partition coefficient (Wildman–Crippen LogP) is 1.77. The summed E-state index contributed by atoms with van der Waals surface area (Å²) in [6.45, 7) is 6.73. The molecule has 0 spiro atoms. The van der Waals surface area contributed by atoms with E-state index in [4.69, 9.17) is 5.11 Å². The molecular weight excluding hydrogens is 260 g/mol. The van der Waals surface area contributed by atoms with Crippen LogP contribution in [0.3, 0.4) is 0 Å². The van der Waals surface area contributed by atoms with Gasteiger partial charge < -0.3 is 10.0 Å². The van der Waals surface area contributed by atoms with Crippen LogP contribution in [-0.2, 0) is 11.2 Å². The van der Waals surface area contributed by atoms with Crippen LogP contribution in [0.5, 0.6) is 0 Å². The Hall–Kier alpha value is -0.910. The van der Waals surface area contributed by atoms with Crippen molar-refractivity contribution in [3.05, 3.63) is 22.4 Å². The number of aliphatic carboxylic acids is 1. The molecule has 0 bridgehead atoms. The van der Waals surface area contributed by atoms with Crippen LogP contribution in [0.15, 0.2) is 17.5 Å². The zero-order valence-corrected chi connectivity index (χ0v) is 12.2. The Morgan fingerprint density at radius 2 is 2.16 bits per heavy atom. The van der Waals surface area contributed by atoms with Gasteiger partial charge in [0.05, 0.1) is 0 Å². The van der Waals surface area contributed by atoms with E-state index in [-0.39, 0.29) is 6.04 Å². The summed E-state index contributed by atoms with van der Waals surface area (Å²) in [4.78, 5) is 17.1. The highest BCUT2D eigenvalue weighted by Crippen LogP contribution is 2.13. The van der Waals surface area contributed by atoms with Crippen molar-refractivity contribution in [2.45, 2.75) is 25.8 Å². The molecule has 1 aromatic heterocycles. The highest BCUT2D eigenvalue weighted by atomic mass is 32.1. The molecule has 1 atom stereocenters. The molecule has 1 saturated heterocycles. The molecule has 1 fully saturated rings. The maximum atomic E-state index is 11.1. The number of carboxylic acid groups (broad SMARTS) is 1. The van der Waals surface area contributed by atoms with Gasteiger partial charge in [-0.2, -0.15) is 0 Å². The van der Waals surface area contributed by atoms with Gasteiger partial charge in [0.2, 0.25) is 0 Å². The smallest absolute Gasteiger partial charge is 0.320 e. The number of carbonyl (C=O) groups is 1. The molecule has 106 valence electrons. The van der Waals surface area contributed by atoms with Crippen LogP contribution in [0.1, 0.15) is 18.2 Å². The number of rotatable bonds is 6. The molecule has 4 nitrogen and oxygen atoms in total. The first-order valence-electron chi connectivity index (χ1n) is 6.92. The zero-order valence-electron chi connectivity index (χ0n) is 11.4. The van der Waals surface area contributed by atoms with Crippen LogP contribution < -0.4 is 0 Å². The summed E-state index contributed by atoms with van der Waals surface area (Å²) >= 11 is 1.81. The van der Waals surface area contributed by atoms with Crippen molar-refractivity contribution in [3.63, 3.8) is 0 Å². The van der Waals surface area contributed by atoms with Gasteiger partial charge in [0, 0.05) is 37.6 Å². The fourth-order valence-corrected chi connectivity index (χ4v) is 3.31. The lowest BCUT2D eigenvalue weighted by molar-refractivity contribution is -0.144. The third-order valence-electron chi connectivity index (χ3n) is 3.77. The fourth-order valence-electron chi connectivity index (χ4n) is 2.61. The van der Waals surface area contributed by atoms with E-state index >= 15 is 0 Å². The monoisotopic (exact) mass is 282 g/mol.